The molecular weight excluding hydrogens is 230 g/mol. The Bertz CT molecular complexity index is 302. The molecule has 2 N–H and O–H groups in total. The highest BCUT2D eigenvalue weighted by Gasteiger charge is 2.28. The van der Waals surface area contributed by atoms with Crippen molar-refractivity contribution in [2.75, 3.05) is 0 Å². The minimum atomic E-state index is -0.948. The molecule has 0 heterocycles. The average molecular weight is 255 g/mol. The molecule has 104 valence electrons. The zero-order valence-electron chi connectivity index (χ0n) is 11.7. The number of carboxylic acids is 1. The molecule has 4 nitrogen and oxygen atoms in total. The van der Waals surface area contributed by atoms with Crippen LogP contribution in [0.15, 0.2) is 0 Å². The molecule has 0 radical (unpaired) electrons. The Morgan fingerprint density at radius 1 is 1.33 bits per heavy atom. The summed E-state index contributed by atoms with van der Waals surface area (Å²) in [7, 11) is 0. The highest BCUT2D eigenvalue weighted by atomic mass is 16.4. The topological polar surface area (TPSA) is 66.4 Å². The zero-order valence-corrected chi connectivity index (χ0v) is 11.7. The number of hydrogen-bond donors (Lipinski definition) is 2. The van der Waals surface area contributed by atoms with E-state index in [9.17, 15) is 9.59 Å². The summed E-state index contributed by atoms with van der Waals surface area (Å²) >= 11 is 0. The molecule has 1 fully saturated rings. The van der Waals surface area contributed by atoms with Gasteiger partial charge in [-0.15, -0.1) is 0 Å². The average Bonchev–Trinajstić information content (AvgIpc) is 2.28. The lowest BCUT2D eigenvalue weighted by atomic mass is 9.72. The molecule has 0 aromatic rings. The molecule has 0 aromatic carbocycles. The van der Waals surface area contributed by atoms with E-state index in [1.54, 1.807) is 6.92 Å². The molecule has 0 bridgehead atoms. The highest BCUT2D eigenvalue weighted by molar-refractivity contribution is 5.83. The van der Waals surface area contributed by atoms with Crippen LogP contribution in [0.2, 0.25) is 0 Å². The van der Waals surface area contributed by atoms with Crippen LogP contribution in [-0.4, -0.2) is 23.0 Å². The van der Waals surface area contributed by atoms with Crippen molar-refractivity contribution >= 4 is 11.9 Å². The molecule has 0 spiro atoms. The molecule has 1 atom stereocenters. The zero-order chi connectivity index (χ0) is 13.8. The number of amides is 1. The standard InChI is InChI=1S/C14H25NO3/c1-4-11(13(17)18)15-12(16)9-10-5-7-14(2,3)8-6-10/h10-11H,4-9H2,1-3H3,(H,15,16)(H,17,18). The van der Waals surface area contributed by atoms with E-state index in [2.05, 4.69) is 19.2 Å². The lowest BCUT2D eigenvalue weighted by molar-refractivity contribution is -0.142. The van der Waals surface area contributed by atoms with Gasteiger partial charge in [-0.2, -0.15) is 0 Å². The van der Waals surface area contributed by atoms with Gasteiger partial charge in [-0.1, -0.05) is 20.8 Å². The number of nitrogens with one attached hydrogen (secondary N) is 1. The Kier molecular flexibility index (Phi) is 5.17. The normalized spacial score (nSPS) is 21.3. The van der Waals surface area contributed by atoms with Crippen molar-refractivity contribution < 1.29 is 14.7 Å². The molecule has 1 aliphatic carbocycles. The van der Waals surface area contributed by atoms with E-state index in [1.807, 2.05) is 0 Å². The summed E-state index contributed by atoms with van der Waals surface area (Å²) in [6.45, 7) is 6.30. The SMILES string of the molecule is CCC(NC(=O)CC1CCC(C)(C)CC1)C(=O)O. The highest BCUT2D eigenvalue weighted by Crippen LogP contribution is 2.39. The summed E-state index contributed by atoms with van der Waals surface area (Å²) in [5, 5.41) is 11.5. The van der Waals surface area contributed by atoms with E-state index in [1.165, 1.54) is 0 Å². The summed E-state index contributed by atoms with van der Waals surface area (Å²) < 4.78 is 0. The van der Waals surface area contributed by atoms with Crippen LogP contribution in [0, 0.1) is 11.3 Å². The van der Waals surface area contributed by atoms with Crippen LogP contribution in [0.25, 0.3) is 0 Å². The third-order valence-corrected chi connectivity index (χ3v) is 3.97. The summed E-state index contributed by atoms with van der Waals surface area (Å²) in [4.78, 5) is 22.6. The van der Waals surface area contributed by atoms with E-state index in [4.69, 9.17) is 5.11 Å². The van der Waals surface area contributed by atoms with E-state index in [0.717, 1.165) is 25.7 Å². The van der Waals surface area contributed by atoms with Gasteiger partial charge in [0.25, 0.3) is 0 Å². The molecule has 1 rings (SSSR count). The Morgan fingerprint density at radius 2 is 1.89 bits per heavy atom. The third kappa shape index (κ3) is 4.67. The first kappa shape index (κ1) is 15.0. The van der Waals surface area contributed by atoms with E-state index in [0.29, 0.717) is 24.2 Å². The van der Waals surface area contributed by atoms with Crippen molar-refractivity contribution in [3.63, 3.8) is 0 Å². The first-order chi connectivity index (χ1) is 8.34. The summed E-state index contributed by atoms with van der Waals surface area (Å²) in [5.74, 6) is -0.645. The van der Waals surface area contributed by atoms with Crippen LogP contribution in [0.1, 0.15) is 59.3 Å². The third-order valence-electron chi connectivity index (χ3n) is 3.97. The number of carbonyl (C=O) groups is 2. The monoisotopic (exact) mass is 255 g/mol. The van der Waals surface area contributed by atoms with Gasteiger partial charge in [0.2, 0.25) is 5.91 Å². The molecule has 18 heavy (non-hydrogen) atoms. The fourth-order valence-corrected chi connectivity index (χ4v) is 2.52. The summed E-state index contributed by atoms with van der Waals surface area (Å²) in [6.07, 6.45) is 5.36. The van der Waals surface area contributed by atoms with Gasteiger partial charge in [-0.3, -0.25) is 4.79 Å². The Hall–Kier alpha value is -1.06. The lowest BCUT2D eigenvalue weighted by Crippen LogP contribution is -2.41. The van der Waals surface area contributed by atoms with Gasteiger partial charge >= 0.3 is 5.97 Å². The number of aliphatic carboxylic acids is 1. The van der Waals surface area contributed by atoms with Crippen LogP contribution < -0.4 is 5.32 Å². The second kappa shape index (κ2) is 6.21. The lowest BCUT2D eigenvalue weighted by Gasteiger charge is -2.34. The van der Waals surface area contributed by atoms with Crippen LogP contribution in [0.4, 0.5) is 0 Å². The summed E-state index contributed by atoms with van der Waals surface area (Å²) in [6, 6.07) is -0.738. The first-order valence-electron chi connectivity index (χ1n) is 6.86. The van der Waals surface area contributed by atoms with Crippen molar-refractivity contribution in [3.05, 3.63) is 0 Å². The van der Waals surface area contributed by atoms with Crippen LogP contribution in [0.3, 0.4) is 0 Å². The van der Waals surface area contributed by atoms with Crippen molar-refractivity contribution in [3.8, 4) is 0 Å². The van der Waals surface area contributed by atoms with Crippen molar-refractivity contribution in [1.29, 1.82) is 0 Å². The smallest absolute Gasteiger partial charge is 0.326 e. The van der Waals surface area contributed by atoms with E-state index >= 15 is 0 Å². The van der Waals surface area contributed by atoms with Gasteiger partial charge in [0.1, 0.15) is 6.04 Å². The Balaban J connectivity index is 2.35. The molecule has 1 saturated carbocycles. The Labute approximate surface area is 109 Å². The second-order valence-corrected chi connectivity index (χ2v) is 6.18. The molecule has 1 unspecified atom stereocenters. The minimum Gasteiger partial charge on any atom is -0.480 e. The number of carbonyl (C=O) groups excluding carboxylic acids is 1. The van der Waals surface area contributed by atoms with Gasteiger partial charge < -0.3 is 10.4 Å². The molecule has 0 aliphatic heterocycles. The Morgan fingerprint density at radius 3 is 2.33 bits per heavy atom. The molecule has 1 amide bonds. The van der Waals surface area contributed by atoms with E-state index in [-0.39, 0.29) is 5.91 Å². The molecule has 0 aromatic heterocycles. The van der Waals surface area contributed by atoms with Crippen molar-refractivity contribution in [2.24, 2.45) is 11.3 Å². The van der Waals surface area contributed by atoms with E-state index < -0.39 is 12.0 Å². The molecule has 1 aliphatic rings. The van der Waals surface area contributed by atoms with Crippen molar-refractivity contribution in [1.82, 2.24) is 5.32 Å². The second-order valence-electron chi connectivity index (χ2n) is 6.18. The quantitative estimate of drug-likeness (QED) is 0.793. The van der Waals surface area contributed by atoms with Gasteiger partial charge in [-0.05, 0) is 43.4 Å². The van der Waals surface area contributed by atoms with Gasteiger partial charge in [-0.25, -0.2) is 4.79 Å². The maximum Gasteiger partial charge on any atom is 0.326 e. The maximum atomic E-state index is 11.8. The van der Waals surface area contributed by atoms with Gasteiger partial charge in [0, 0.05) is 6.42 Å². The van der Waals surface area contributed by atoms with Gasteiger partial charge in [0.15, 0.2) is 0 Å². The fourth-order valence-electron chi connectivity index (χ4n) is 2.52. The molecule has 4 heteroatoms. The van der Waals surface area contributed by atoms with Crippen LogP contribution >= 0.6 is 0 Å². The minimum absolute atomic E-state index is 0.117. The van der Waals surface area contributed by atoms with Gasteiger partial charge in [0.05, 0.1) is 0 Å². The largest absolute Gasteiger partial charge is 0.480 e. The molecule has 0 saturated heterocycles. The van der Waals surface area contributed by atoms with Crippen LogP contribution in [-0.2, 0) is 9.59 Å². The maximum absolute atomic E-state index is 11.8. The summed E-state index contributed by atoms with van der Waals surface area (Å²) in [5.41, 5.74) is 0.403. The number of rotatable bonds is 5. The molecular formula is C14H25NO3. The number of carboxylic acid groups (broad SMARTS) is 1. The first-order valence-corrected chi connectivity index (χ1v) is 6.86. The van der Waals surface area contributed by atoms with Crippen molar-refractivity contribution in [2.45, 2.75) is 65.3 Å². The predicted octanol–water partition coefficient (Wildman–Crippen LogP) is 2.57. The predicted molar refractivity (Wildman–Crippen MR) is 70.2 cm³/mol. The number of hydrogen-bond acceptors (Lipinski definition) is 2. The van der Waals surface area contributed by atoms with Crippen LogP contribution in [0.5, 0.6) is 0 Å². The fraction of sp³-hybridized carbons (Fsp3) is 0.857.